The number of pyridine rings is 1. The van der Waals surface area contributed by atoms with Gasteiger partial charge in [0.1, 0.15) is 16.4 Å². The molecule has 0 spiro atoms. The number of hydrogen-bond donors (Lipinski definition) is 1. The highest BCUT2D eigenvalue weighted by atomic mass is 32.1. The number of ether oxygens (including phenoxy) is 1. The fourth-order valence-corrected chi connectivity index (χ4v) is 2.67. The Kier molecular flexibility index (Phi) is 4.57. The first-order valence-electron chi connectivity index (χ1n) is 6.79. The van der Waals surface area contributed by atoms with Gasteiger partial charge in [-0.25, -0.2) is 9.78 Å². The Labute approximate surface area is 128 Å². The molecule has 0 atom stereocenters. The van der Waals surface area contributed by atoms with Crippen molar-refractivity contribution in [3.05, 3.63) is 29.4 Å². The number of hydrogen-bond acceptors (Lipinski definition) is 5. The van der Waals surface area contributed by atoms with E-state index in [0.717, 1.165) is 21.9 Å². The fraction of sp³-hybridized carbons (Fsp3) is 0.400. The van der Waals surface area contributed by atoms with Crippen LogP contribution in [0.4, 0.5) is 10.6 Å². The highest BCUT2D eigenvalue weighted by Crippen LogP contribution is 2.31. The van der Waals surface area contributed by atoms with Crippen LogP contribution >= 0.6 is 11.3 Å². The third-order valence-electron chi connectivity index (χ3n) is 2.57. The van der Waals surface area contributed by atoms with E-state index in [0.29, 0.717) is 5.82 Å². The Morgan fingerprint density at radius 2 is 2.00 bits per heavy atom. The summed E-state index contributed by atoms with van der Waals surface area (Å²) in [7, 11) is 0. The van der Waals surface area contributed by atoms with Gasteiger partial charge in [-0.3, -0.25) is 10.3 Å². The first-order chi connectivity index (χ1) is 9.89. The summed E-state index contributed by atoms with van der Waals surface area (Å²) in [5.74, 6) is 0.573. The van der Waals surface area contributed by atoms with E-state index in [9.17, 15) is 4.79 Å². The molecule has 0 saturated carbocycles. The number of carbonyl (C=O) groups is 1. The summed E-state index contributed by atoms with van der Waals surface area (Å²) < 4.78 is 5.26. The smallest absolute Gasteiger partial charge is 0.413 e. The van der Waals surface area contributed by atoms with E-state index >= 15 is 0 Å². The number of anilines is 1. The molecular formula is C15H19N3O2S. The number of rotatable bonds is 3. The molecular weight excluding hydrogens is 286 g/mol. The molecule has 0 unspecified atom stereocenters. The van der Waals surface area contributed by atoms with E-state index in [1.54, 1.807) is 23.7 Å². The minimum Gasteiger partial charge on any atom is -0.444 e. The Morgan fingerprint density at radius 1 is 1.33 bits per heavy atom. The molecule has 0 radical (unpaired) electrons. The van der Waals surface area contributed by atoms with Crippen LogP contribution in [0.1, 0.15) is 32.6 Å². The van der Waals surface area contributed by atoms with E-state index in [-0.39, 0.29) is 0 Å². The van der Waals surface area contributed by atoms with Gasteiger partial charge in [0.25, 0.3) is 0 Å². The van der Waals surface area contributed by atoms with Crippen molar-refractivity contribution in [1.29, 1.82) is 0 Å². The molecule has 5 nitrogen and oxygen atoms in total. The summed E-state index contributed by atoms with van der Waals surface area (Å²) in [5.41, 5.74) is 0.461. The molecule has 0 bridgehead atoms. The van der Waals surface area contributed by atoms with Gasteiger partial charge in [0.05, 0.1) is 0 Å². The van der Waals surface area contributed by atoms with E-state index in [2.05, 4.69) is 15.3 Å². The molecule has 21 heavy (non-hydrogen) atoms. The van der Waals surface area contributed by atoms with Crippen LogP contribution in [0, 0.1) is 0 Å². The maximum Gasteiger partial charge on any atom is 0.413 e. The number of nitrogens with one attached hydrogen (secondary N) is 1. The van der Waals surface area contributed by atoms with Crippen molar-refractivity contribution < 1.29 is 9.53 Å². The Hall–Kier alpha value is -1.95. The minimum absolute atomic E-state index is 0.483. The average Bonchev–Trinajstić information content (AvgIpc) is 2.80. The number of amides is 1. The number of carbonyl (C=O) groups excluding carboxylic acids is 1. The van der Waals surface area contributed by atoms with E-state index in [1.807, 2.05) is 39.8 Å². The maximum atomic E-state index is 11.9. The predicted molar refractivity (Wildman–Crippen MR) is 84.6 cm³/mol. The SMILES string of the molecule is CCc1sc(-c2ccncc2)nc1NC(=O)OC(C)(C)C. The van der Waals surface area contributed by atoms with Crippen LogP contribution in [-0.4, -0.2) is 21.7 Å². The van der Waals surface area contributed by atoms with Crippen LogP contribution in [-0.2, 0) is 11.2 Å². The lowest BCUT2D eigenvalue weighted by Crippen LogP contribution is -2.27. The van der Waals surface area contributed by atoms with E-state index in [1.165, 1.54) is 0 Å². The lowest BCUT2D eigenvalue weighted by atomic mass is 10.2. The second-order valence-corrected chi connectivity index (χ2v) is 6.59. The first kappa shape index (κ1) is 15.4. The molecule has 1 amide bonds. The highest BCUT2D eigenvalue weighted by Gasteiger charge is 2.19. The predicted octanol–water partition coefficient (Wildman–Crippen LogP) is 4.11. The van der Waals surface area contributed by atoms with Crippen molar-refractivity contribution in [3.8, 4) is 10.6 Å². The van der Waals surface area contributed by atoms with E-state index < -0.39 is 11.7 Å². The summed E-state index contributed by atoms with van der Waals surface area (Å²) in [5, 5.41) is 3.59. The largest absolute Gasteiger partial charge is 0.444 e. The van der Waals surface area contributed by atoms with Gasteiger partial charge in [0, 0.05) is 22.8 Å². The van der Waals surface area contributed by atoms with Crippen LogP contribution in [0.5, 0.6) is 0 Å². The van der Waals surface area contributed by atoms with E-state index in [4.69, 9.17) is 4.74 Å². The molecule has 0 aromatic carbocycles. The van der Waals surface area contributed by atoms with Gasteiger partial charge in [0.15, 0.2) is 0 Å². The van der Waals surface area contributed by atoms with Gasteiger partial charge < -0.3 is 4.74 Å². The monoisotopic (exact) mass is 305 g/mol. The summed E-state index contributed by atoms with van der Waals surface area (Å²) in [6, 6.07) is 3.80. The Balaban J connectivity index is 2.20. The summed E-state index contributed by atoms with van der Waals surface area (Å²) in [4.78, 5) is 21.4. The molecule has 0 fully saturated rings. The summed E-state index contributed by atoms with van der Waals surface area (Å²) in [6.45, 7) is 7.52. The second kappa shape index (κ2) is 6.22. The third-order valence-corrected chi connectivity index (χ3v) is 3.81. The van der Waals surface area contributed by atoms with Gasteiger partial charge in [-0.05, 0) is 39.3 Å². The van der Waals surface area contributed by atoms with Gasteiger partial charge in [0.2, 0.25) is 0 Å². The third kappa shape index (κ3) is 4.26. The maximum absolute atomic E-state index is 11.9. The fourth-order valence-electron chi connectivity index (χ4n) is 1.71. The van der Waals surface area contributed by atoms with Gasteiger partial charge >= 0.3 is 6.09 Å². The van der Waals surface area contributed by atoms with Gasteiger partial charge in [-0.1, -0.05) is 6.92 Å². The lowest BCUT2D eigenvalue weighted by molar-refractivity contribution is 0.0635. The first-order valence-corrected chi connectivity index (χ1v) is 7.61. The van der Waals surface area contributed by atoms with Crippen molar-refractivity contribution in [2.75, 3.05) is 5.32 Å². The number of aromatic nitrogens is 2. The lowest BCUT2D eigenvalue weighted by Gasteiger charge is -2.19. The zero-order chi connectivity index (χ0) is 15.5. The zero-order valence-electron chi connectivity index (χ0n) is 12.6. The van der Waals surface area contributed by atoms with Crippen LogP contribution in [0.2, 0.25) is 0 Å². The number of nitrogens with zero attached hydrogens (tertiary/aromatic N) is 2. The Morgan fingerprint density at radius 3 is 2.57 bits per heavy atom. The molecule has 6 heteroatoms. The molecule has 2 heterocycles. The normalized spacial score (nSPS) is 11.2. The van der Waals surface area contributed by atoms with Crippen molar-refractivity contribution in [1.82, 2.24) is 9.97 Å². The molecule has 112 valence electrons. The van der Waals surface area contributed by atoms with Gasteiger partial charge in [-0.15, -0.1) is 11.3 Å². The second-order valence-electron chi connectivity index (χ2n) is 5.51. The number of thiazole rings is 1. The van der Waals surface area contributed by atoms with Crippen molar-refractivity contribution in [3.63, 3.8) is 0 Å². The van der Waals surface area contributed by atoms with Crippen LogP contribution in [0.3, 0.4) is 0 Å². The highest BCUT2D eigenvalue weighted by molar-refractivity contribution is 7.15. The molecule has 0 aliphatic rings. The topological polar surface area (TPSA) is 64.1 Å². The van der Waals surface area contributed by atoms with Crippen LogP contribution < -0.4 is 5.32 Å². The summed E-state index contributed by atoms with van der Waals surface area (Å²) >= 11 is 1.56. The van der Waals surface area contributed by atoms with Crippen molar-refractivity contribution in [2.24, 2.45) is 0 Å². The van der Waals surface area contributed by atoms with Crippen molar-refractivity contribution >= 4 is 23.2 Å². The molecule has 0 aliphatic carbocycles. The quantitative estimate of drug-likeness (QED) is 0.926. The summed E-state index contributed by atoms with van der Waals surface area (Å²) in [6.07, 6.45) is 3.77. The molecule has 2 aromatic rings. The van der Waals surface area contributed by atoms with Crippen molar-refractivity contribution in [2.45, 2.75) is 39.7 Å². The molecule has 0 saturated heterocycles. The molecule has 1 N–H and O–H groups in total. The standard InChI is InChI=1S/C15H19N3O2S/c1-5-11-12(18-14(19)20-15(2,3)4)17-13(21-11)10-6-8-16-9-7-10/h6-9H,5H2,1-4H3,(H,18,19). The van der Waals surface area contributed by atoms with Gasteiger partial charge in [-0.2, -0.15) is 0 Å². The minimum atomic E-state index is -0.527. The molecule has 2 rings (SSSR count). The Bertz CT molecular complexity index is 618. The zero-order valence-corrected chi connectivity index (χ0v) is 13.5. The molecule has 2 aromatic heterocycles. The molecule has 0 aliphatic heterocycles. The average molecular weight is 305 g/mol. The number of aryl methyl sites for hydroxylation is 1. The van der Waals surface area contributed by atoms with Crippen LogP contribution in [0.25, 0.3) is 10.6 Å². The van der Waals surface area contributed by atoms with Crippen LogP contribution in [0.15, 0.2) is 24.5 Å².